The van der Waals surface area contributed by atoms with E-state index in [1.807, 2.05) is 6.92 Å². The maximum Gasteiger partial charge on any atom is 0.128 e. The monoisotopic (exact) mass is 208 g/mol. The van der Waals surface area contributed by atoms with Crippen LogP contribution in [0.1, 0.15) is 25.0 Å². The highest BCUT2D eigenvalue weighted by atomic mass is 16.5. The van der Waals surface area contributed by atoms with Crippen molar-refractivity contribution in [1.29, 1.82) is 0 Å². The molecule has 1 aliphatic rings. The van der Waals surface area contributed by atoms with E-state index in [-0.39, 0.29) is 6.10 Å². The van der Waals surface area contributed by atoms with Gasteiger partial charge in [-0.1, -0.05) is 0 Å². The number of hydrogen-bond acceptors (Lipinski definition) is 2. The Balaban J connectivity index is 2.36. The van der Waals surface area contributed by atoms with Gasteiger partial charge in [0.2, 0.25) is 0 Å². The number of benzene rings is 1. The summed E-state index contributed by atoms with van der Waals surface area (Å²) in [4.78, 5) is 0. The van der Waals surface area contributed by atoms with Crippen LogP contribution in [0.15, 0.2) is 12.1 Å². The molecule has 0 saturated heterocycles. The fourth-order valence-corrected chi connectivity index (χ4v) is 1.97. The molecule has 0 fully saturated rings. The van der Waals surface area contributed by atoms with Gasteiger partial charge in [-0.25, -0.2) is 0 Å². The molecule has 0 spiro atoms. The van der Waals surface area contributed by atoms with Crippen molar-refractivity contribution in [3.63, 3.8) is 0 Å². The summed E-state index contributed by atoms with van der Waals surface area (Å²) in [5, 5.41) is 0. The van der Waals surface area contributed by atoms with Gasteiger partial charge in [0.15, 0.2) is 0 Å². The summed E-state index contributed by atoms with van der Waals surface area (Å²) in [5.74, 6) is 1.97. The number of hydrogen-bond donors (Lipinski definition) is 1. The van der Waals surface area contributed by atoms with Crippen molar-refractivity contribution >= 4 is 0 Å². The molecular formula is C12H18NO2+. The molecule has 82 valence electrons. The Bertz CT molecular complexity index is 363. The first-order valence-electron chi connectivity index (χ1n) is 5.49. The van der Waals surface area contributed by atoms with E-state index in [1.54, 1.807) is 0 Å². The van der Waals surface area contributed by atoms with Gasteiger partial charge < -0.3 is 15.2 Å². The third-order valence-corrected chi connectivity index (χ3v) is 2.65. The van der Waals surface area contributed by atoms with Crippen molar-refractivity contribution in [2.75, 3.05) is 6.61 Å². The summed E-state index contributed by atoms with van der Waals surface area (Å²) in [6.07, 6.45) is 1.27. The molecule has 3 heteroatoms. The predicted octanol–water partition coefficient (Wildman–Crippen LogP) is 1.15. The van der Waals surface area contributed by atoms with E-state index < -0.39 is 0 Å². The van der Waals surface area contributed by atoms with Crippen molar-refractivity contribution in [3.8, 4) is 11.5 Å². The van der Waals surface area contributed by atoms with E-state index in [1.165, 1.54) is 5.56 Å². The number of rotatable bonds is 3. The zero-order chi connectivity index (χ0) is 10.8. The molecule has 0 aromatic heterocycles. The van der Waals surface area contributed by atoms with Crippen LogP contribution in [-0.2, 0) is 13.0 Å². The van der Waals surface area contributed by atoms with Crippen LogP contribution in [0.3, 0.4) is 0 Å². The second-order valence-electron chi connectivity index (χ2n) is 3.88. The predicted molar refractivity (Wildman–Crippen MR) is 58.0 cm³/mol. The van der Waals surface area contributed by atoms with Gasteiger partial charge in [-0.05, 0) is 26.0 Å². The highest BCUT2D eigenvalue weighted by Gasteiger charge is 2.21. The van der Waals surface area contributed by atoms with Gasteiger partial charge in [-0.3, -0.25) is 0 Å². The largest absolute Gasteiger partial charge is 0.493 e. The Morgan fingerprint density at radius 3 is 3.00 bits per heavy atom. The minimum Gasteiger partial charge on any atom is -0.493 e. The normalized spacial score (nSPS) is 18.5. The number of fused-ring (bicyclic) bond motifs is 1. The van der Waals surface area contributed by atoms with E-state index in [9.17, 15) is 0 Å². The maximum atomic E-state index is 5.70. The van der Waals surface area contributed by atoms with Crippen LogP contribution in [0.4, 0.5) is 0 Å². The summed E-state index contributed by atoms with van der Waals surface area (Å²) >= 11 is 0. The zero-order valence-electron chi connectivity index (χ0n) is 9.38. The van der Waals surface area contributed by atoms with Gasteiger partial charge in [0, 0.05) is 12.0 Å². The molecule has 2 rings (SSSR count). The van der Waals surface area contributed by atoms with Crippen LogP contribution < -0.4 is 15.2 Å². The van der Waals surface area contributed by atoms with Gasteiger partial charge in [0.1, 0.15) is 24.1 Å². The molecule has 1 atom stereocenters. The summed E-state index contributed by atoms with van der Waals surface area (Å²) < 4.78 is 11.3. The molecular weight excluding hydrogens is 190 g/mol. The summed E-state index contributed by atoms with van der Waals surface area (Å²) in [6.45, 7) is 5.52. The molecule has 1 aliphatic heterocycles. The molecule has 15 heavy (non-hydrogen) atoms. The Morgan fingerprint density at radius 2 is 2.33 bits per heavy atom. The van der Waals surface area contributed by atoms with Crippen molar-refractivity contribution in [1.82, 2.24) is 0 Å². The molecule has 0 saturated carbocycles. The van der Waals surface area contributed by atoms with E-state index in [0.29, 0.717) is 6.61 Å². The first-order valence-corrected chi connectivity index (χ1v) is 5.49. The third-order valence-electron chi connectivity index (χ3n) is 2.65. The topological polar surface area (TPSA) is 46.1 Å². The smallest absolute Gasteiger partial charge is 0.128 e. The lowest BCUT2D eigenvalue weighted by molar-refractivity contribution is -0.386. The van der Waals surface area contributed by atoms with Gasteiger partial charge in [-0.2, -0.15) is 0 Å². The molecule has 0 amide bonds. The Hall–Kier alpha value is -1.22. The van der Waals surface area contributed by atoms with Crippen LogP contribution in [0.2, 0.25) is 0 Å². The molecule has 1 aromatic rings. The lowest BCUT2D eigenvalue weighted by Gasteiger charge is -2.09. The highest BCUT2D eigenvalue weighted by Crippen LogP contribution is 2.34. The minimum absolute atomic E-state index is 0.287. The first kappa shape index (κ1) is 10.3. The lowest BCUT2D eigenvalue weighted by atomic mass is 10.1. The lowest BCUT2D eigenvalue weighted by Crippen LogP contribution is -2.47. The summed E-state index contributed by atoms with van der Waals surface area (Å²) in [5.41, 5.74) is 6.29. The van der Waals surface area contributed by atoms with Crippen LogP contribution in [0.25, 0.3) is 0 Å². The van der Waals surface area contributed by atoms with Crippen molar-refractivity contribution < 1.29 is 15.2 Å². The minimum atomic E-state index is 0.287. The van der Waals surface area contributed by atoms with Crippen molar-refractivity contribution in [3.05, 3.63) is 23.3 Å². The number of quaternary nitrogens is 1. The van der Waals surface area contributed by atoms with Gasteiger partial charge in [0.25, 0.3) is 0 Å². The molecule has 0 unspecified atom stereocenters. The van der Waals surface area contributed by atoms with Gasteiger partial charge in [-0.15, -0.1) is 0 Å². The zero-order valence-corrected chi connectivity index (χ0v) is 9.38. The molecule has 3 nitrogen and oxygen atoms in total. The summed E-state index contributed by atoms with van der Waals surface area (Å²) in [7, 11) is 0. The molecule has 1 heterocycles. The van der Waals surface area contributed by atoms with Gasteiger partial charge in [0.05, 0.1) is 12.2 Å². The van der Waals surface area contributed by atoms with Crippen LogP contribution in [0, 0.1) is 0 Å². The van der Waals surface area contributed by atoms with Crippen molar-refractivity contribution in [2.45, 2.75) is 32.9 Å². The molecule has 0 radical (unpaired) electrons. The Labute approximate surface area is 90.2 Å². The summed E-state index contributed by atoms with van der Waals surface area (Å²) in [6, 6.07) is 4.17. The fraction of sp³-hybridized carbons (Fsp3) is 0.500. The maximum absolute atomic E-state index is 5.70. The quantitative estimate of drug-likeness (QED) is 0.810. The molecule has 0 aliphatic carbocycles. The second-order valence-corrected chi connectivity index (χ2v) is 3.88. The Kier molecular flexibility index (Phi) is 2.82. The molecule has 3 N–H and O–H groups in total. The van der Waals surface area contributed by atoms with E-state index in [0.717, 1.165) is 30.0 Å². The molecule has 0 bridgehead atoms. The van der Waals surface area contributed by atoms with Crippen LogP contribution >= 0.6 is 0 Å². The van der Waals surface area contributed by atoms with Gasteiger partial charge >= 0.3 is 0 Å². The standard InChI is InChI=1S/C12H17NO2/c1-3-14-11-5-9-4-8(2)15-12(9)6-10(11)7-13/h5-6,8H,3-4,7,13H2,1-2H3/p+1/t8-/m1/s1. The van der Waals surface area contributed by atoms with Crippen LogP contribution in [-0.4, -0.2) is 12.7 Å². The van der Waals surface area contributed by atoms with Crippen molar-refractivity contribution in [2.24, 2.45) is 0 Å². The van der Waals surface area contributed by atoms with Crippen LogP contribution in [0.5, 0.6) is 11.5 Å². The van der Waals surface area contributed by atoms with E-state index >= 15 is 0 Å². The third kappa shape index (κ3) is 1.92. The number of ether oxygens (including phenoxy) is 2. The average molecular weight is 208 g/mol. The highest BCUT2D eigenvalue weighted by molar-refractivity contribution is 5.48. The van der Waals surface area contributed by atoms with E-state index in [2.05, 4.69) is 24.8 Å². The van der Waals surface area contributed by atoms with E-state index in [4.69, 9.17) is 9.47 Å². The first-order chi connectivity index (χ1) is 7.24. The second kappa shape index (κ2) is 4.11. The SMILES string of the molecule is CCOc1cc2c(cc1C[NH3+])O[C@H](C)C2. The fourth-order valence-electron chi connectivity index (χ4n) is 1.97. The Morgan fingerprint density at radius 1 is 1.53 bits per heavy atom. The molecule has 1 aromatic carbocycles. The average Bonchev–Trinajstić information content (AvgIpc) is 2.56.